The topological polar surface area (TPSA) is 24.9 Å². The van der Waals surface area contributed by atoms with Gasteiger partial charge in [0.15, 0.2) is 0 Å². The van der Waals surface area contributed by atoms with Gasteiger partial charge in [-0.15, -0.1) is 11.3 Å². The molecule has 2 rings (SSSR count). The Balaban J connectivity index is 1.87. The minimum absolute atomic E-state index is 0.844. The molecule has 0 amide bonds. The number of hydrogen-bond donors (Lipinski definition) is 1. The average Bonchev–Trinajstić information content (AvgIpc) is 2.76. The number of rotatable bonds is 4. The Bertz CT molecular complexity index is 449. The van der Waals surface area contributed by atoms with Gasteiger partial charge in [0, 0.05) is 18.5 Å². The van der Waals surface area contributed by atoms with Gasteiger partial charge in [-0.3, -0.25) is 0 Å². The van der Waals surface area contributed by atoms with Crippen molar-refractivity contribution >= 4 is 11.3 Å². The van der Waals surface area contributed by atoms with Gasteiger partial charge in [0.25, 0.3) is 0 Å². The second-order valence-electron chi connectivity index (χ2n) is 4.00. The summed E-state index contributed by atoms with van der Waals surface area (Å²) >= 11 is 1.64. The maximum Gasteiger partial charge on any atom is 0.0795 e. The molecule has 3 heteroatoms. The Morgan fingerprint density at radius 2 is 2.06 bits per heavy atom. The van der Waals surface area contributed by atoms with Gasteiger partial charge in [-0.1, -0.05) is 18.2 Å². The largest absolute Gasteiger partial charge is 0.307 e. The van der Waals surface area contributed by atoms with Gasteiger partial charge in [0.1, 0.15) is 0 Å². The van der Waals surface area contributed by atoms with Crippen LogP contribution in [-0.4, -0.2) is 4.98 Å². The molecule has 0 bridgehead atoms. The quantitative estimate of drug-likeness (QED) is 0.876. The Kier molecular flexibility index (Phi) is 3.70. The summed E-state index contributed by atoms with van der Waals surface area (Å²) in [5.74, 6) is 0. The van der Waals surface area contributed by atoms with Gasteiger partial charge in [0.2, 0.25) is 0 Å². The van der Waals surface area contributed by atoms with E-state index in [-0.39, 0.29) is 0 Å². The highest BCUT2D eigenvalue weighted by Gasteiger charge is 1.97. The van der Waals surface area contributed by atoms with Gasteiger partial charge in [-0.2, -0.15) is 0 Å². The molecular formula is C13H16N2S. The summed E-state index contributed by atoms with van der Waals surface area (Å²) in [7, 11) is 0. The van der Waals surface area contributed by atoms with E-state index in [1.165, 1.54) is 16.7 Å². The fraction of sp³-hybridized carbons (Fsp3) is 0.308. The van der Waals surface area contributed by atoms with Crippen molar-refractivity contribution in [3.8, 4) is 0 Å². The van der Waals surface area contributed by atoms with Gasteiger partial charge in [-0.05, 0) is 30.5 Å². The van der Waals surface area contributed by atoms with Gasteiger partial charge in [-0.25, -0.2) is 4.98 Å². The molecule has 2 nitrogen and oxygen atoms in total. The third-order valence-corrected chi connectivity index (χ3v) is 3.33. The molecule has 0 atom stereocenters. The Morgan fingerprint density at radius 3 is 2.75 bits per heavy atom. The molecule has 0 radical (unpaired) electrons. The van der Waals surface area contributed by atoms with Crippen molar-refractivity contribution in [2.45, 2.75) is 26.9 Å². The van der Waals surface area contributed by atoms with Crippen molar-refractivity contribution in [2.75, 3.05) is 0 Å². The first-order valence-electron chi connectivity index (χ1n) is 5.39. The smallest absolute Gasteiger partial charge is 0.0795 e. The van der Waals surface area contributed by atoms with E-state index in [9.17, 15) is 0 Å². The average molecular weight is 232 g/mol. The predicted octanol–water partition coefficient (Wildman–Crippen LogP) is 3.05. The lowest BCUT2D eigenvalue weighted by Crippen LogP contribution is -2.12. The maximum absolute atomic E-state index is 4.24. The molecule has 2 aromatic rings. The number of nitrogens with one attached hydrogen (secondary N) is 1. The van der Waals surface area contributed by atoms with Crippen molar-refractivity contribution in [2.24, 2.45) is 0 Å². The molecule has 0 saturated heterocycles. The van der Waals surface area contributed by atoms with E-state index >= 15 is 0 Å². The molecule has 0 unspecified atom stereocenters. The summed E-state index contributed by atoms with van der Waals surface area (Å²) in [5.41, 5.74) is 7.02. The maximum atomic E-state index is 4.24. The fourth-order valence-electron chi connectivity index (χ4n) is 1.57. The van der Waals surface area contributed by atoms with Crippen molar-refractivity contribution in [1.82, 2.24) is 10.3 Å². The van der Waals surface area contributed by atoms with Crippen LogP contribution in [0, 0.1) is 13.8 Å². The minimum Gasteiger partial charge on any atom is -0.307 e. The lowest BCUT2D eigenvalue weighted by Gasteiger charge is -2.06. The summed E-state index contributed by atoms with van der Waals surface area (Å²) in [5, 5.41) is 5.47. The molecule has 84 valence electrons. The van der Waals surface area contributed by atoms with Gasteiger partial charge < -0.3 is 5.32 Å². The molecule has 0 fully saturated rings. The standard InChI is InChI=1S/C13H16N2S/c1-10-3-4-12(5-11(10)2)6-14-7-13-8-16-9-15-13/h3-5,8-9,14H,6-7H2,1-2H3. The number of thiazole rings is 1. The molecule has 0 spiro atoms. The summed E-state index contributed by atoms with van der Waals surface area (Å²) < 4.78 is 0. The van der Waals surface area contributed by atoms with Crippen LogP contribution >= 0.6 is 11.3 Å². The van der Waals surface area contributed by atoms with E-state index in [1.807, 2.05) is 5.51 Å². The van der Waals surface area contributed by atoms with Crippen LogP contribution in [0.2, 0.25) is 0 Å². The Hall–Kier alpha value is -1.19. The van der Waals surface area contributed by atoms with Crippen molar-refractivity contribution in [3.63, 3.8) is 0 Å². The molecular weight excluding hydrogens is 216 g/mol. The van der Waals surface area contributed by atoms with E-state index in [0.717, 1.165) is 18.8 Å². The lowest BCUT2D eigenvalue weighted by molar-refractivity contribution is 0.682. The first-order valence-corrected chi connectivity index (χ1v) is 6.34. The van der Waals surface area contributed by atoms with E-state index in [2.05, 4.69) is 47.7 Å². The molecule has 1 aromatic carbocycles. The van der Waals surface area contributed by atoms with Crippen LogP contribution < -0.4 is 5.32 Å². The minimum atomic E-state index is 0.844. The highest BCUT2D eigenvalue weighted by molar-refractivity contribution is 7.07. The van der Waals surface area contributed by atoms with E-state index in [0.29, 0.717) is 0 Å². The predicted molar refractivity (Wildman–Crippen MR) is 68.6 cm³/mol. The molecule has 0 aliphatic carbocycles. The second kappa shape index (κ2) is 5.23. The zero-order valence-electron chi connectivity index (χ0n) is 9.66. The zero-order chi connectivity index (χ0) is 11.4. The van der Waals surface area contributed by atoms with Crippen LogP contribution in [0.1, 0.15) is 22.4 Å². The number of aromatic nitrogens is 1. The molecule has 1 aromatic heterocycles. The SMILES string of the molecule is Cc1ccc(CNCc2cscn2)cc1C. The van der Waals surface area contributed by atoms with Crippen molar-refractivity contribution in [1.29, 1.82) is 0 Å². The highest BCUT2D eigenvalue weighted by Crippen LogP contribution is 2.09. The van der Waals surface area contributed by atoms with E-state index in [1.54, 1.807) is 11.3 Å². The second-order valence-corrected chi connectivity index (χ2v) is 4.72. The molecule has 0 saturated carbocycles. The van der Waals surface area contributed by atoms with Gasteiger partial charge >= 0.3 is 0 Å². The zero-order valence-corrected chi connectivity index (χ0v) is 10.5. The number of benzene rings is 1. The molecule has 0 aliphatic rings. The van der Waals surface area contributed by atoms with Crippen molar-refractivity contribution in [3.05, 3.63) is 51.5 Å². The van der Waals surface area contributed by atoms with Gasteiger partial charge in [0.05, 0.1) is 11.2 Å². The van der Waals surface area contributed by atoms with Crippen LogP contribution in [-0.2, 0) is 13.1 Å². The van der Waals surface area contributed by atoms with Crippen LogP contribution in [0.3, 0.4) is 0 Å². The number of hydrogen-bond acceptors (Lipinski definition) is 3. The molecule has 1 heterocycles. The number of nitrogens with zero attached hydrogens (tertiary/aromatic N) is 1. The van der Waals surface area contributed by atoms with Crippen LogP contribution in [0.25, 0.3) is 0 Å². The molecule has 0 aliphatic heterocycles. The Morgan fingerprint density at radius 1 is 1.19 bits per heavy atom. The monoisotopic (exact) mass is 232 g/mol. The van der Waals surface area contributed by atoms with E-state index in [4.69, 9.17) is 0 Å². The summed E-state index contributed by atoms with van der Waals surface area (Å²) in [4.78, 5) is 4.24. The third-order valence-electron chi connectivity index (χ3n) is 2.69. The fourth-order valence-corrected chi connectivity index (χ4v) is 2.13. The Labute approximate surface area is 100 Å². The highest BCUT2D eigenvalue weighted by atomic mass is 32.1. The first kappa shape index (κ1) is 11.3. The lowest BCUT2D eigenvalue weighted by atomic mass is 10.1. The van der Waals surface area contributed by atoms with Crippen LogP contribution in [0.4, 0.5) is 0 Å². The third kappa shape index (κ3) is 2.90. The molecule has 1 N–H and O–H groups in total. The summed E-state index contributed by atoms with van der Waals surface area (Å²) in [6.07, 6.45) is 0. The first-order chi connectivity index (χ1) is 7.75. The molecule has 16 heavy (non-hydrogen) atoms. The normalized spacial score (nSPS) is 10.6. The van der Waals surface area contributed by atoms with Crippen LogP contribution in [0.15, 0.2) is 29.1 Å². The summed E-state index contributed by atoms with van der Waals surface area (Å²) in [6.45, 7) is 6.04. The summed E-state index contributed by atoms with van der Waals surface area (Å²) in [6, 6.07) is 6.59. The number of aryl methyl sites for hydroxylation is 2. The van der Waals surface area contributed by atoms with E-state index < -0.39 is 0 Å². The van der Waals surface area contributed by atoms with Crippen molar-refractivity contribution < 1.29 is 0 Å². The van der Waals surface area contributed by atoms with Crippen LogP contribution in [0.5, 0.6) is 0 Å².